The molecule has 1 N–H and O–H groups in total. The van der Waals surface area contributed by atoms with Crippen molar-refractivity contribution in [2.24, 2.45) is 0 Å². The van der Waals surface area contributed by atoms with Gasteiger partial charge in [0.1, 0.15) is 5.82 Å². The Kier molecular flexibility index (Phi) is 3.47. The highest BCUT2D eigenvalue weighted by Gasteiger charge is 2.20. The normalized spacial score (nSPS) is 16.3. The fourth-order valence-electron chi connectivity index (χ4n) is 1.68. The number of hydrogen-bond donors (Lipinski definition) is 1. The van der Waals surface area contributed by atoms with E-state index in [1.165, 1.54) is 4.90 Å². The van der Waals surface area contributed by atoms with Crippen LogP contribution in [0.15, 0.2) is 18.3 Å². The molecule has 0 saturated carbocycles. The molecular formula is C10H12IN3O2. The molecule has 0 spiro atoms. The van der Waals surface area contributed by atoms with E-state index in [1.54, 1.807) is 0 Å². The molecule has 1 aromatic heterocycles. The number of aromatic nitrogens is 1. The predicted octanol–water partition coefficient (Wildman–Crippen LogP) is 1.49. The second kappa shape index (κ2) is 4.86. The second-order valence-electron chi connectivity index (χ2n) is 3.59. The number of halogens is 1. The molecule has 0 atom stereocenters. The second-order valence-corrected chi connectivity index (χ2v) is 4.84. The predicted molar refractivity (Wildman–Crippen MR) is 68.8 cm³/mol. The number of nitrogens with zero attached hydrogens (tertiary/aromatic N) is 3. The first-order chi connectivity index (χ1) is 7.66. The Hall–Kier alpha value is -1.05. The lowest BCUT2D eigenvalue weighted by Crippen LogP contribution is -2.48. The topological polar surface area (TPSA) is 56.7 Å². The van der Waals surface area contributed by atoms with E-state index >= 15 is 0 Å². The molecule has 1 aromatic rings. The van der Waals surface area contributed by atoms with Crippen molar-refractivity contribution in [3.05, 3.63) is 21.9 Å². The van der Waals surface area contributed by atoms with Crippen LogP contribution in [-0.2, 0) is 0 Å². The van der Waals surface area contributed by atoms with E-state index in [9.17, 15) is 4.79 Å². The van der Waals surface area contributed by atoms with Crippen molar-refractivity contribution in [2.45, 2.75) is 0 Å². The summed E-state index contributed by atoms with van der Waals surface area (Å²) in [7, 11) is 0. The number of hydrogen-bond acceptors (Lipinski definition) is 3. The highest BCUT2D eigenvalue weighted by molar-refractivity contribution is 14.1. The molecule has 6 heteroatoms. The van der Waals surface area contributed by atoms with Gasteiger partial charge in [-0.05, 0) is 34.7 Å². The van der Waals surface area contributed by atoms with Crippen molar-refractivity contribution >= 4 is 34.5 Å². The van der Waals surface area contributed by atoms with Gasteiger partial charge in [-0.1, -0.05) is 0 Å². The van der Waals surface area contributed by atoms with Crippen LogP contribution >= 0.6 is 22.6 Å². The van der Waals surface area contributed by atoms with Gasteiger partial charge in [0, 0.05) is 35.9 Å². The average molecular weight is 333 g/mol. The Morgan fingerprint density at radius 3 is 2.50 bits per heavy atom. The Balaban J connectivity index is 1.99. The summed E-state index contributed by atoms with van der Waals surface area (Å²) in [5, 5.41) is 8.82. The number of amides is 1. The van der Waals surface area contributed by atoms with Crippen molar-refractivity contribution < 1.29 is 9.90 Å². The molecule has 0 unspecified atom stereocenters. The van der Waals surface area contributed by atoms with E-state index in [-0.39, 0.29) is 0 Å². The first-order valence-corrected chi connectivity index (χ1v) is 6.09. The van der Waals surface area contributed by atoms with Gasteiger partial charge in [-0.25, -0.2) is 9.78 Å². The third-order valence-electron chi connectivity index (χ3n) is 2.59. The monoisotopic (exact) mass is 333 g/mol. The Morgan fingerprint density at radius 2 is 2.00 bits per heavy atom. The summed E-state index contributed by atoms with van der Waals surface area (Å²) in [5.74, 6) is 0.922. The molecule has 1 aliphatic rings. The number of piperazine rings is 1. The highest BCUT2D eigenvalue weighted by atomic mass is 127. The summed E-state index contributed by atoms with van der Waals surface area (Å²) in [5.41, 5.74) is 0. The van der Waals surface area contributed by atoms with Crippen LogP contribution in [0.4, 0.5) is 10.6 Å². The minimum Gasteiger partial charge on any atom is -0.465 e. The smallest absolute Gasteiger partial charge is 0.407 e. The fourth-order valence-corrected chi connectivity index (χ4v) is 2.00. The van der Waals surface area contributed by atoms with E-state index in [0.29, 0.717) is 26.2 Å². The summed E-state index contributed by atoms with van der Waals surface area (Å²) in [6.45, 7) is 2.51. The van der Waals surface area contributed by atoms with E-state index in [2.05, 4.69) is 32.5 Å². The van der Waals surface area contributed by atoms with Gasteiger partial charge in [0.25, 0.3) is 0 Å². The first-order valence-electron chi connectivity index (χ1n) is 5.01. The minimum absolute atomic E-state index is 0.545. The van der Waals surface area contributed by atoms with E-state index < -0.39 is 6.09 Å². The molecule has 2 heterocycles. The van der Waals surface area contributed by atoms with Gasteiger partial charge in [0.2, 0.25) is 0 Å². The van der Waals surface area contributed by atoms with Gasteiger partial charge >= 0.3 is 6.09 Å². The van der Waals surface area contributed by atoms with Crippen LogP contribution < -0.4 is 4.90 Å². The molecule has 1 aliphatic heterocycles. The maximum absolute atomic E-state index is 10.7. The number of carbonyl (C=O) groups is 1. The van der Waals surface area contributed by atoms with Crippen molar-refractivity contribution in [2.75, 3.05) is 31.1 Å². The summed E-state index contributed by atoms with van der Waals surface area (Å²) in [6.07, 6.45) is 0.981. The third-order valence-corrected chi connectivity index (χ3v) is 3.22. The Labute approximate surface area is 107 Å². The lowest BCUT2D eigenvalue weighted by molar-refractivity contribution is 0.142. The van der Waals surface area contributed by atoms with Crippen LogP contribution in [0.25, 0.3) is 0 Å². The van der Waals surface area contributed by atoms with Crippen molar-refractivity contribution in [1.82, 2.24) is 9.88 Å². The molecule has 1 saturated heterocycles. The molecule has 86 valence electrons. The molecule has 16 heavy (non-hydrogen) atoms. The highest BCUT2D eigenvalue weighted by Crippen LogP contribution is 2.14. The number of rotatable bonds is 1. The molecule has 0 radical (unpaired) electrons. The van der Waals surface area contributed by atoms with E-state index in [1.807, 2.05) is 18.3 Å². The van der Waals surface area contributed by atoms with Crippen LogP contribution in [0.3, 0.4) is 0 Å². The van der Waals surface area contributed by atoms with Crippen LogP contribution in [0.2, 0.25) is 0 Å². The van der Waals surface area contributed by atoms with Gasteiger partial charge in [0.05, 0.1) is 0 Å². The lowest BCUT2D eigenvalue weighted by Gasteiger charge is -2.33. The molecule has 5 nitrogen and oxygen atoms in total. The summed E-state index contributed by atoms with van der Waals surface area (Å²) >= 11 is 2.21. The number of anilines is 1. The Bertz CT molecular complexity index is 374. The molecule has 1 fully saturated rings. The lowest BCUT2D eigenvalue weighted by atomic mass is 10.3. The maximum Gasteiger partial charge on any atom is 0.407 e. The van der Waals surface area contributed by atoms with Gasteiger partial charge in [-0.2, -0.15) is 0 Å². The standard InChI is InChI=1S/C10H12IN3O2/c11-8-1-2-9(12-7-8)13-3-5-14(6-4-13)10(15)16/h1-2,7H,3-6H2,(H,15,16). The summed E-state index contributed by atoms with van der Waals surface area (Å²) in [4.78, 5) is 18.6. The molecule has 2 rings (SSSR count). The third kappa shape index (κ3) is 2.55. The minimum atomic E-state index is -0.838. The van der Waals surface area contributed by atoms with Crippen LogP contribution in [0.1, 0.15) is 0 Å². The molecular weight excluding hydrogens is 321 g/mol. The van der Waals surface area contributed by atoms with E-state index in [0.717, 1.165) is 9.39 Å². The van der Waals surface area contributed by atoms with Crippen molar-refractivity contribution in [1.29, 1.82) is 0 Å². The largest absolute Gasteiger partial charge is 0.465 e. The summed E-state index contributed by atoms with van der Waals surface area (Å²) < 4.78 is 1.10. The molecule has 0 aliphatic carbocycles. The first kappa shape index (κ1) is 11.4. The SMILES string of the molecule is O=C(O)N1CCN(c2ccc(I)cn2)CC1. The molecule has 0 aromatic carbocycles. The van der Waals surface area contributed by atoms with Crippen LogP contribution in [0.5, 0.6) is 0 Å². The van der Waals surface area contributed by atoms with Gasteiger partial charge < -0.3 is 14.9 Å². The van der Waals surface area contributed by atoms with Gasteiger partial charge in [0.15, 0.2) is 0 Å². The van der Waals surface area contributed by atoms with Crippen molar-refractivity contribution in [3.63, 3.8) is 0 Å². The number of pyridine rings is 1. The van der Waals surface area contributed by atoms with Gasteiger partial charge in [-0.3, -0.25) is 0 Å². The zero-order valence-electron chi connectivity index (χ0n) is 8.64. The quantitative estimate of drug-likeness (QED) is 0.791. The molecule has 1 amide bonds. The van der Waals surface area contributed by atoms with Crippen LogP contribution in [-0.4, -0.2) is 47.3 Å². The fraction of sp³-hybridized carbons (Fsp3) is 0.400. The van der Waals surface area contributed by atoms with Gasteiger partial charge in [-0.15, -0.1) is 0 Å². The van der Waals surface area contributed by atoms with E-state index in [4.69, 9.17) is 5.11 Å². The maximum atomic E-state index is 10.7. The summed E-state index contributed by atoms with van der Waals surface area (Å²) in [6, 6.07) is 3.98. The molecule has 0 bridgehead atoms. The number of carboxylic acid groups (broad SMARTS) is 1. The average Bonchev–Trinajstić information content (AvgIpc) is 2.30. The zero-order chi connectivity index (χ0) is 11.5. The van der Waals surface area contributed by atoms with Crippen LogP contribution in [0, 0.1) is 3.57 Å². The zero-order valence-corrected chi connectivity index (χ0v) is 10.8. The Morgan fingerprint density at radius 1 is 1.31 bits per heavy atom. The van der Waals surface area contributed by atoms with Crippen molar-refractivity contribution in [3.8, 4) is 0 Å².